The summed E-state index contributed by atoms with van der Waals surface area (Å²) in [7, 11) is -3.65. The molecule has 1 atom stereocenters. The van der Waals surface area contributed by atoms with Crippen molar-refractivity contribution in [1.82, 2.24) is 10.0 Å². The predicted octanol–water partition coefficient (Wildman–Crippen LogP) is 4.11. The first-order valence-electron chi connectivity index (χ1n) is 10.0. The second-order valence-electron chi connectivity index (χ2n) is 7.30. The summed E-state index contributed by atoms with van der Waals surface area (Å²) in [4.78, 5) is 12.2. The maximum absolute atomic E-state index is 12.9. The molecule has 0 aliphatic rings. The van der Waals surface area contributed by atoms with Gasteiger partial charge in [0.15, 0.2) is 0 Å². The monoisotopic (exact) mass is 440 g/mol. The largest absolute Gasteiger partial charge is 0.352 e. The van der Waals surface area contributed by atoms with E-state index in [0.29, 0.717) is 13.0 Å². The van der Waals surface area contributed by atoms with Crippen LogP contribution >= 0.6 is 0 Å². The average molecular weight is 441 g/mol. The number of amides is 1. The van der Waals surface area contributed by atoms with Gasteiger partial charge in [-0.25, -0.2) is 17.5 Å². The van der Waals surface area contributed by atoms with E-state index in [1.54, 1.807) is 43.3 Å². The van der Waals surface area contributed by atoms with Crippen LogP contribution in [-0.2, 0) is 27.8 Å². The highest BCUT2D eigenvalue weighted by atomic mass is 32.2. The van der Waals surface area contributed by atoms with Gasteiger partial charge in [-0.3, -0.25) is 4.79 Å². The summed E-state index contributed by atoms with van der Waals surface area (Å²) >= 11 is 0. The first kappa shape index (κ1) is 22.7. The Kier molecular flexibility index (Phi) is 7.55. The van der Waals surface area contributed by atoms with E-state index in [1.807, 2.05) is 30.3 Å². The number of halogens is 1. The molecule has 3 rings (SSSR count). The smallest absolute Gasteiger partial charge is 0.241 e. The molecule has 7 heteroatoms. The maximum Gasteiger partial charge on any atom is 0.241 e. The lowest BCUT2D eigenvalue weighted by Crippen LogP contribution is -2.26. The van der Waals surface area contributed by atoms with Crippen molar-refractivity contribution >= 4 is 15.9 Å². The fraction of sp³-hybridized carbons (Fsp3) is 0.208. The van der Waals surface area contributed by atoms with Crippen molar-refractivity contribution in [2.45, 2.75) is 37.2 Å². The predicted molar refractivity (Wildman–Crippen MR) is 118 cm³/mol. The van der Waals surface area contributed by atoms with Crippen molar-refractivity contribution in [3.05, 3.63) is 101 Å². The fourth-order valence-corrected chi connectivity index (χ4v) is 4.33. The minimum atomic E-state index is -3.65. The molecule has 0 heterocycles. The quantitative estimate of drug-likeness (QED) is 0.526. The summed E-state index contributed by atoms with van der Waals surface area (Å²) in [5.41, 5.74) is 2.57. The Morgan fingerprint density at radius 1 is 0.903 bits per heavy atom. The van der Waals surface area contributed by atoms with Crippen LogP contribution in [0.1, 0.15) is 36.1 Å². The Hall–Kier alpha value is -3.03. The lowest BCUT2D eigenvalue weighted by molar-refractivity contribution is -0.121. The van der Waals surface area contributed by atoms with Crippen molar-refractivity contribution in [2.24, 2.45) is 0 Å². The van der Waals surface area contributed by atoms with E-state index in [4.69, 9.17) is 0 Å². The summed E-state index contributed by atoms with van der Waals surface area (Å²) in [5.74, 6) is -0.440. The number of hydrogen-bond acceptors (Lipinski definition) is 3. The highest BCUT2D eigenvalue weighted by Crippen LogP contribution is 2.17. The number of hydrogen-bond donors (Lipinski definition) is 2. The molecule has 0 unspecified atom stereocenters. The van der Waals surface area contributed by atoms with E-state index in [9.17, 15) is 17.6 Å². The molecule has 3 aromatic carbocycles. The molecule has 0 saturated carbocycles. The second kappa shape index (κ2) is 10.3. The SMILES string of the molecule is C[C@@H](NS(=O)(=O)c1ccc(CCC(=O)NCc2ccc(F)cc2)cc1)c1ccccc1. The number of carbonyl (C=O) groups excluding carboxylic acids is 1. The third kappa shape index (κ3) is 6.73. The van der Waals surface area contributed by atoms with E-state index in [2.05, 4.69) is 10.0 Å². The topological polar surface area (TPSA) is 75.3 Å². The Morgan fingerprint density at radius 3 is 2.16 bits per heavy atom. The summed E-state index contributed by atoms with van der Waals surface area (Å²) in [6, 6.07) is 21.5. The zero-order valence-electron chi connectivity index (χ0n) is 17.2. The summed E-state index contributed by atoms with van der Waals surface area (Å²) in [5, 5.41) is 2.79. The first-order valence-corrected chi connectivity index (χ1v) is 11.5. The Balaban J connectivity index is 1.51. The molecule has 0 fully saturated rings. The Bertz CT molecular complexity index is 1100. The molecule has 0 aliphatic heterocycles. The number of aryl methyl sites for hydroxylation is 1. The van der Waals surface area contributed by atoms with Crippen molar-refractivity contribution in [3.63, 3.8) is 0 Å². The van der Waals surface area contributed by atoms with Crippen LogP contribution in [0.2, 0.25) is 0 Å². The minimum Gasteiger partial charge on any atom is -0.352 e. The zero-order chi connectivity index (χ0) is 22.3. The van der Waals surface area contributed by atoms with Gasteiger partial charge in [0.2, 0.25) is 15.9 Å². The molecule has 1 amide bonds. The molecule has 0 saturated heterocycles. The van der Waals surface area contributed by atoms with Crippen LogP contribution in [0.15, 0.2) is 83.8 Å². The fourth-order valence-electron chi connectivity index (χ4n) is 3.09. The van der Waals surface area contributed by atoms with Crippen molar-refractivity contribution in [3.8, 4) is 0 Å². The average Bonchev–Trinajstić information content (AvgIpc) is 2.78. The van der Waals surface area contributed by atoms with Gasteiger partial charge in [-0.05, 0) is 54.3 Å². The van der Waals surface area contributed by atoms with Crippen LogP contribution in [0.3, 0.4) is 0 Å². The van der Waals surface area contributed by atoms with Gasteiger partial charge in [0.1, 0.15) is 5.82 Å². The number of rotatable bonds is 9. The highest BCUT2D eigenvalue weighted by molar-refractivity contribution is 7.89. The molecule has 5 nitrogen and oxygen atoms in total. The number of benzene rings is 3. The molecule has 0 spiro atoms. The molecule has 162 valence electrons. The number of carbonyl (C=O) groups is 1. The molecule has 3 aromatic rings. The normalized spacial score (nSPS) is 12.3. The molecular weight excluding hydrogens is 415 g/mol. The minimum absolute atomic E-state index is 0.126. The van der Waals surface area contributed by atoms with Crippen LogP contribution in [0.4, 0.5) is 4.39 Å². The molecular formula is C24H25FN2O3S. The Labute approximate surface area is 182 Å². The van der Waals surface area contributed by atoms with Crippen LogP contribution in [0.25, 0.3) is 0 Å². The van der Waals surface area contributed by atoms with Gasteiger partial charge in [0.25, 0.3) is 0 Å². The van der Waals surface area contributed by atoms with Crippen molar-refractivity contribution in [1.29, 1.82) is 0 Å². The van der Waals surface area contributed by atoms with Crippen LogP contribution in [0.5, 0.6) is 0 Å². The molecule has 2 N–H and O–H groups in total. The lowest BCUT2D eigenvalue weighted by atomic mass is 10.1. The van der Waals surface area contributed by atoms with Gasteiger partial charge in [-0.15, -0.1) is 0 Å². The van der Waals surface area contributed by atoms with Crippen molar-refractivity contribution < 1.29 is 17.6 Å². The van der Waals surface area contributed by atoms with Crippen LogP contribution < -0.4 is 10.0 Å². The van der Waals surface area contributed by atoms with Gasteiger partial charge in [0.05, 0.1) is 4.90 Å². The van der Waals surface area contributed by atoms with E-state index in [-0.39, 0.29) is 29.1 Å². The van der Waals surface area contributed by atoms with Crippen LogP contribution in [0, 0.1) is 5.82 Å². The van der Waals surface area contributed by atoms with Gasteiger partial charge in [0, 0.05) is 19.0 Å². The lowest BCUT2D eigenvalue weighted by Gasteiger charge is -2.15. The molecule has 0 aliphatic carbocycles. The Morgan fingerprint density at radius 2 is 1.52 bits per heavy atom. The van der Waals surface area contributed by atoms with Gasteiger partial charge >= 0.3 is 0 Å². The van der Waals surface area contributed by atoms with E-state index >= 15 is 0 Å². The number of nitrogens with one attached hydrogen (secondary N) is 2. The molecule has 31 heavy (non-hydrogen) atoms. The maximum atomic E-state index is 12.9. The highest BCUT2D eigenvalue weighted by Gasteiger charge is 2.18. The standard InChI is InChI=1S/C24H25FN2O3S/c1-18(21-5-3-2-4-6-21)27-31(29,30)23-14-9-19(10-15-23)11-16-24(28)26-17-20-7-12-22(25)13-8-20/h2-10,12-15,18,27H,11,16-17H2,1H3,(H,26,28)/t18-/m1/s1. The third-order valence-electron chi connectivity index (χ3n) is 4.91. The van der Waals surface area contributed by atoms with Gasteiger partial charge in [-0.1, -0.05) is 54.6 Å². The van der Waals surface area contributed by atoms with E-state index < -0.39 is 10.0 Å². The number of sulfonamides is 1. The van der Waals surface area contributed by atoms with Gasteiger partial charge in [-0.2, -0.15) is 0 Å². The summed E-state index contributed by atoms with van der Waals surface area (Å²) in [6.07, 6.45) is 0.764. The summed E-state index contributed by atoms with van der Waals surface area (Å²) in [6.45, 7) is 2.13. The van der Waals surface area contributed by atoms with Gasteiger partial charge < -0.3 is 5.32 Å². The van der Waals surface area contributed by atoms with E-state index in [0.717, 1.165) is 16.7 Å². The molecule has 0 aromatic heterocycles. The first-order chi connectivity index (χ1) is 14.8. The molecule has 0 radical (unpaired) electrons. The van der Waals surface area contributed by atoms with E-state index in [1.165, 1.54) is 12.1 Å². The zero-order valence-corrected chi connectivity index (χ0v) is 18.0. The van der Waals surface area contributed by atoms with Crippen molar-refractivity contribution in [2.75, 3.05) is 0 Å². The molecule has 0 bridgehead atoms. The van der Waals surface area contributed by atoms with Crippen LogP contribution in [-0.4, -0.2) is 14.3 Å². The third-order valence-corrected chi connectivity index (χ3v) is 6.47. The summed E-state index contributed by atoms with van der Waals surface area (Å²) < 4.78 is 40.9. The second-order valence-corrected chi connectivity index (χ2v) is 9.01.